The standard InChI is InChI=1S/C16H21NO2/c1-5-19-15(18)16(4,11-17)10-13-6-8-14(9-7-13)12(2)3/h6-9,12H,5,10H2,1-4H3. The van der Waals surface area contributed by atoms with Crippen molar-refractivity contribution in [2.45, 2.75) is 40.0 Å². The van der Waals surface area contributed by atoms with Crippen molar-refractivity contribution in [3.05, 3.63) is 35.4 Å². The molecule has 0 radical (unpaired) electrons. The smallest absolute Gasteiger partial charge is 0.326 e. The average molecular weight is 259 g/mol. The van der Waals surface area contributed by atoms with Crippen LogP contribution in [0.3, 0.4) is 0 Å². The molecular weight excluding hydrogens is 238 g/mol. The third kappa shape index (κ3) is 3.82. The van der Waals surface area contributed by atoms with E-state index in [1.807, 2.05) is 24.3 Å². The molecule has 0 saturated carbocycles. The number of rotatable bonds is 5. The Hall–Kier alpha value is -1.82. The first kappa shape index (κ1) is 15.2. The zero-order valence-corrected chi connectivity index (χ0v) is 12.1. The molecule has 0 bridgehead atoms. The van der Waals surface area contributed by atoms with Crippen LogP contribution in [-0.2, 0) is 16.0 Å². The van der Waals surface area contributed by atoms with Gasteiger partial charge >= 0.3 is 5.97 Å². The number of nitriles is 1. The van der Waals surface area contributed by atoms with Crippen LogP contribution in [0.15, 0.2) is 24.3 Å². The van der Waals surface area contributed by atoms with Crippen molar-refractivity contribution in [3.63, 3.8) is 0 Å². The first-order valence-electron chi connectivity index (χ1n) is 6.60. The molecule has 0 heterocycles. The highest BCUT2D eigenvalue weighted by Gasteiger charge is 2.35. The van der Waals surface area contributed by atoms with Crippen LogP contribution in [-0.4, -0.2) is 12.6 Å². The van der Waals surface area contributed by atoms with Gasteiger partial charge in [0.2, 0.25) is 0 Å². The van der Waals surface area contributed by atoms with E-state index < -0.39 is 11.4 Å². The second kappa shape index (κ2) is 6.38. The molecule has 1 aromatic carbocycles. The van der Waals surface area contributed by atoms with Gasteiger partial charge in [-0.3, -0.25) is 4.79 Å². The minimum Gasteiger partial charge on any atom is -0.465 e. The summed E-state index contributed by atoms with van der Waals surface area (Å²) in [5.74, 6) is 0.0203. The van der Waals surface area contributed by atoms with Crippen molar-refractivity contribution in [2.75, 3.05) is 6.61 Å². The Balaban J connectivity index is 2.87. The highest BCUT2D eigenvalue weighted by molar-refractivity contribution is 5.80. The monoisotopic (exact) mass is 259 g/mol. The fraction of sp³-hybridized carbons (Fsp3) is 0.500. The fourth-order valence-electron chi connectivity index (χ4n) is 1.88. The molecule has 102 valence electrons. The van der Waals surface area contributed by atoms with Crippen LogP contribution in [0.1, 0.15) is 44.7 Å². The summed E-state index contributed by atoms with van der Waals surface area (Å²) in [6.45, 7) is 7.93. The molecule has 19 heavy (non-hydrogen) atoms. The third-order valence-electron chi connectivity index (χ3n) is 3.18. The van der Waals surface area contributed by atoms with Gasteiger partial charge in [-0.15, -0.1) is 0 Å². The number of benzene rings is 1. The molecule has 1 aromatic rings. The molecule has 0 aliphatic rings. The van der Waals surface area contributed by atoms with Crippen molar-refractivity contribution in [3.8, 4) is 6.07 Å². The van der Waals surface area contributed by atoms with Crippen molar-refractivity contribution in [1.82, 2.24) is 0 Å². The van der Waals surface area contributed by atoms with Crippen LogP contribution in [0.2, 0.25) is 0 Å². The zero-order chi connectivity index (χ0) is 14.5. The molecule has 0 aromatic heterocycles. The van der Waals surface area contributed by atoms with Gasteiger partial charge in [0.15, 0.2) is 5.41 Å². The fourth-order valence-corrected chi connectivity index (χ4v) is 1.88. The molecule has 0 spiro atoms. The lowest BCUT2D eigenvalue weighted by atomic mass is 9.84. The molecule has 0 amide bonds. The lowest BCUT2D eigenvalue weighted by Gasteiger charge is -2.19. The van der Waals surface area contributed by atoms with Gasteiger partial charge in [-0.25, -0.2) is 0 Å². The molecule has 0 fully saturated rings. The van der Waals surface area contributed by atoms with Crippen LogP contribution < -0.4 is 0 Å². The van der Waals surface area contributed by atoms with Gasteiger partial charge < -0.3 is 4.74 Å². The van der Waals surface area contributed by atoms with Crippen molar-refractivity contribution in [1.29, 1.82) is 5.26 Å². The van der Waals surface area contributed by atoms with E-state index in [0.29, 0.717) is 18.9 Å². The van der Waals surface area contributed by atoms with E-state index in [9.17, 15) is 10.1 Å². The van der Waals surface area contributed by atoms with E-state index in [4.69, 9.17) is 4.74 Å². The van der Waals surface area contributed by atoms with E-state index in [2.05, 4.69) is 19.9 Å². The Morgan fingerprint density at radius 2 is 1.95 bits per heavy atom. The predicted octanol–water partition coefficient (Wildman–Crippen LogP) is 3.45. The number of hydrogen-bond donors (Lipinski definition) is 0. The first-order valence-corrected chi connectivity index (χ1v) is 6.60. The van der Waals surface area contributed by atoms with Crippen molar-refractivity contribution >= 4 is 5.97 Å². The van der Waals surface area contributed by atoms with Gasteiger partial charge in [0, 0.05) is 6.42 Å². The number of esters is 1. The van der Waals surface area contributed by atoms with E-state index in [-0.39, 0.29) is 0 Å². The SMILES string of the molecule is CCOC(=O)C(C)(C#N)Cc1ccc(C(C)C)cc1. The average Bonchev–Trinajstić information content (AvgIpc) is 2.39. The molecule has 0 saturated heterocycles. The Bertz CT molecular complexity index is 471. The summed E-state index contributed by atoms with van der Waals surface area (Å²) in [6, 6.07) is 10.1. The second-order valence-corrected chi connectivity index (χ2v) is 5.24. The highest BCUT2D eigenvalue weighted by atomic mass is 16.5. The maximum atomic E-state index is 11.8. The van der Waals surface area contributed by atoms with Gasteiger partial charge in [0.05, 0.1) is 12.7 Å². The van der Waals surface area contributed by atoms with E-state index >= 15 is 0 Å². The Labute approximate surface area is 115 Å². The van der Waals surface area contributed by atoms with E-state index in [1.165, 1.54) is 5.56 Å². The maximum Gasteiger partial charge on any atom is 0.326 e. The Kier molecular flexibility index (Phi) is 5.11. The highest BCUT2D eigenvalue weighted by Crippen LogP contribution is 2.25. The molecule has 1 atom stereocenters. The molecular formula is C16H21NO2. The van der Waals surface area contributed by atoms with Crippen LogP contribution in [0.5, 0.6) is 0 Å². The lowest BCUT2D eigenvalue weighted by Crippen LogP contribution is -2.30. The predicted molar refractivity (Wildman–Crippen MR) is 74.6 cm³/mol. The van der Waals surface area contributed by atoms with Gasteiger partial charge in [-0.05, 0) is 30.9 Å². The summed E-state index contributed by atoms with van der Waals surface area (Å²) >= 11 is 0. The molecule has 1 unspecified atom stereocenters. The van der Waals surface area contributed by atoms with Crippen LogP contribution >= 0.6 is 0 Å². The van der Waals surface area contributed by atoms with Crippen LogP contribution in [0, 0.1) is 16.7 Å². The van der Waals surface area contributed by atoms with E-state index in [0.717, 1.165) is 5.56 Å². The summed E-state index contributed by atoms with van der Waals surface area (Å²) in [7, 11) is 0. The number of carbonyl (C=O) groups is 1. The van der Waals surface area contributed by atoms with Crippen LogP contribution in [0.4, 0.5) is 0 Å². The van der Waals surface area contributed by atoms with Crippen molar-refractivity contribution < 1.29 is 9.53 Å². The normalized spacial score (nSPS) is 13.7. The van der Waals surface area contributed by atoms with Gasteiger partial charge in [-0.2, -0.15) is 5.26 Å². The lowest BCUT2D eigenvalue weighted by molar-refractivity contribution is -0.151. The first-order chi connectivity index (χ1) is 8.92. The largest absolute Gasteiger partial charge is 0.465 e. The summed E-state index contributed by atoms with van der Waals surface area (Å²) < 4.78 is 4.97. The minimum atomic E-state index is -1.12. The topological polar surface area (TPSA) is 50.1 Å². The molecule has 3 heteroatoms. The maximum absolute atomic E-state index is 11.8. The molecule has 0 N–H and O–H groups in total. The van der Waals surface area contributed by atoms with Gasteiger partial charge in [0.1, 0.15) is 0 Å². The Morgan fingerprint density at radius 3 is 2.37 bits per heavy atom. The molecule has 0 aliphatic heterocycles. The number of carbonyl (C=O) groups excluding carboxylic acids is 1. The summed E-state index contributed by atoms with van der Waals surface area (Å²) in [4.78, 5) is 11.8. The zero-order valence-electron chi connectivity index (χ0n) is 12.1. The molecule has 1 rings (SSSR count). The third-order valence-corrected chi connectivity index (χ3v) is 3.18. The van der Waals surface area contributed by atoms with Crippen LogP contribution in [0.25, 0.3) is 0 Å². The second-order valence-electron chi connectivity index (χ2n) is 5.24. The van der Waals surface area contributed by atoms with Gasteiger partial charge in [-0.1, -0.05) is 38.1 Å². The summed E-state index contributed by atoms with van der Waals surface area (Å²) in [5.41, 5.74) is 1.11. The quantitative estimate of drug-likeness (QED) is 0.761. The molecule has 0 aliphatic carbocycles. The van der Waals surface area contributed by atoms with Crippen molar-refractivity contribution in [2.24, 2.45) is 5.41 Å². The number of hydrogen-bond acceptors (Lipinski definition) is 3. The van der Waals surface area contributed by atoms with Gasteiger partial charge in [0.25, 0.3) is 0 Å². The van der Waals surface area contributed by atoms with E-state index in [1.54, 1.807) is 13.8 Å². The summed E-state index contributed by atoms with van der Waals surface area (Å²) in [5, 5.41) is 9.24. The minimum absolute atomic E-state index is 0.294. The number of ether oxygens (including phenoxy) is 1. The molecule has 3 nitrogen and oxygen atoms in total. The number of nitrogens with zero attached hydrogens (tertiary/aromatic N) is 1. The summed E-state index contributed by atoms with van der Waals surface area (Å²) in [6.07, 6.45) is 0.376. The Morgan fingerprint density at radius 1 is 1.37 bits per heavy atom.